The zero-order valence-corrected chi connectivity index (χ0v) is 18.8. The van der Waals surface area contributed by atoms with Crippen LogP contribution in [0.3, 0.4) is 0 Å². The summed E-state index contributed by atoms with van der Waals surface area (Å²) in [6.45, 7) is 8.43. The molecular formula is C24H33NO6. The number of rotatable bonds is 0. The first-order valence-corrected chi connectivity index (χ1v) is 10.7. The minimum atomic E-state index is -0.0307. The molecular weight excluding hydrogens is 398 g/mol. The van der Waals surface area contributed by atoms with Gasteiger partial charge in [-0.3, -0.25) is 4.79 Å². The van der Waals surface area contributed by atoms with Gasteiger partial charge >= 0.3 is 0 Å². The second-order valence-electron chi connectivity index (χ2n) is 7.73. The largest absolute Gasteiger partial charge is 0.377 e. The number of ether oxygens (including phenoxy) is 5. The molecule has 0 N–H and O–H groups in total. The predicted octanol–water partition coefficient (Wildman–Crippen LogP) is 2.57. The molecule has 7 nitrogen and oxygen atoms in total. The van der Waals surface area contributed by atoms with Crippen LogP contribution < -0.4 is 0 Å². The van der Waals surface area contributed by atoms with Gasteiger partial charge in [-0.2, -0.15) is 0 Å². The highest BCUT2D eigenvalue weighted by Crippen LogP contribution is 2.32. The van der Waals surface area contributed by atoms with Crippen molar-refractivity contribution in [3.8, 4) is 0 Å². The quantitative estimate of drug-likeness (QED) is 0.584. The van der Waals surface area contributed by atoms with Crippen LogP contribution in [0.2, 0.25) is 0 Å². The molecule has 1 aliphatic carbocycles. The Morgan fingerprint density at radius 1 is 0.677 bits per heavy atom. The molecule has 0 saturated carbocycles. The Balaban J connectivity index is 1.81. The maximum atomic E-state index is 13.0. The molecule has 2 heterocycles. The van der Waals surface area contributed by atoms with Crippen molar-refractivity contribution in [3.05, 3.63) is 58.0 Å². The minimum absolute atomic E-state index is 0.0307. The summed E-state index contributed by atoms with van der Waals surface area (Å²) in [4.78, 5) is 15.1. The lowest BCUT2D eigenvalue weighted by Gasteiger charge is -2.25. The molecule has 3 rings (SSSR count). The van der Waals surface area contributed by atoms with E-state index in [0.717, 1.165) is 22.3 Å². The first-order valence-electron chi connectivity index (χ1n) is 10.7. The highest BCUT2D eigenvalue weighted by molar-refractivity contribution is 6.10. The summed E-state index contributed by atoms with van der Waals surface area (Å²) in [5, 5.41) is 0. The van der Waals surface area contributed by atoms with Crippen LogP contribution in [-0.4, -0.2) is 83.8 Å². The Hall–Kier alpha value is -2.03. The Morgan fingerprint density at radius 3 is 1.48 bits per heavy atom. The maximum Gasteiger partial charge on any atom is 0.189 e. The molecule has 7 heteroatoms. The fourth-order valence-corrected chi connectivity index (χ4v) is 3.80. The molecule has 2 aliphatic heterocycles. The molecule has 0 amide bonds. The monoisotopic (exact) mass is 431 g/mol. The zero-order chi connectivity index (χ0) is 22.1. The first kappa shape index (κ1) is 23.6. The Labute approximate surface area is 184 Å². The van der Waals surface area contributed by atoms with Gasteiger partial charge in [-0.25, -0.2) is 0 Å². The van der Waals surface area contributed by atoms with E-state index in [1.165, 1.54) is 0 Å². The second kappa shape index (κ2) is 12.1. The summed E-state index contributed by atoms with van der Waals surface area (Å²) in [5.41, 5.74) is 5.70. The number of hydrogen-bond acceptors (Lipinski definition) is 7. The average Bonchev–Trinajstić information content (AvgIpc) is 2.72. The predicted molar refractivity (Wildman–Crippen MR) is 118 cm³/mol. The van der Waals surface area contributed by atoms with Gasteiger partial charge in [-0.05, 0) is 48.3 Å². The van der Waals surface area contributed by atoms with Crippen molar-refractivity contribution in [3.63, 3.8) is 0 Å². The van der Waals surface area contributed by atoms with E-state index in [1.807, 2.05) is 24.1 Å². The average molecular weight is 432 g/mol. The van der Waals surface area contributed by atoms with Gasteiger partial charge in [0.15, 0.2) is 5.78 Å². The van der Waals surface area contributed by atoms with Crippen LogP contribution in [0.25, 0.3) is 0 Å². The number of fused-ring (bicyclic) bond motifs is 2. The highest BCUT2D eigenvalue weighted by Gasteiger charge is 2.23. The lowest BCUT2D eigenvalue weighted by Crippen LogP contribution is -2.21. The fraction of sp³-hybridized carbons (Fsp3) is 0.542. The van der Waals surface area contributed by atoms with E-state index < -0.39 is 0 Å². The summed E-state index contributed by atoms with van der Waals surface area (Å²) in [7, 11) is 2.01. The van der Waals surface area contributed by atoms with Crippen LogP contribution in [-0.2, 0) is 28.5 Å². The SMILES string of the molecule is CC1=CN(C)C=C(C)C1=C1C=C2COCCOCCOCCOCCOCC(=C1)C2=O. The molecule has 170 valence electrons. The van der Waals surface area contributed by atoms with Crippen molar-refractivity contribution in [2.45, 2.75) is 13.8 Å². The first-order chi connectivity index (χ1) is 15.1. The summed E-state index contributed by atoms with van der Waals surface area (Å²) < 4.78 is 27.9. The van der Waals surface area contributed by atoms with Gasteiger partial charge in [0.25, 0.3) is 0 Å². The standard InChI is InChI=1S/C24H33NO6/c1-18-14-25(3)15-19(2)23(18)20-12-21-16-30-10-8-28-6-4-27-5-7-29-9-11-31-17-22(13-20)24(21)26/h12-15H,4-11,16-17H2,1-3H3. The van der Waals surface area contributed by atoms with Crippen LogP contribution in [0.5, 0.6) is 0 Å². The summed E-state index contributed by atoms with van der Waals surface area (Å²) in [5.74, 6) is -0.0307. The fourth-order valence-electron chi connectivity index (χ4n) is 3.80. The molecule has 0 aromatic rings. The summed E-state index contributed by atoms with van der Waals surface area (Å²) in [6.07, 6.45) is 8.05. The van der Waals surface area contributed by atoms with Gasteiger partial charge in [0, 0.05) is 30.6 Å². The Morgan fingerprint density at radius 2 is 1.06 bits per heavy atom. The summed E-state index contributed by atoms with van der Waals surface area (Å²) >= 11 is 0. The molecule has 0 radical (unpaired) electrons. The van der Waals surface area contributed by atoms with Gasteiger partial charge in [0.05, 0.1) is 66.1 Å². The molecule has 1 saturated heterocycles. The number of allylic oxidation sites excluding steroid dienone is 6. The van der Waals surface area contributed by atoms with Crippen molar-refractivity contribution in [2.75, 3.05) is 73.1 Å². The van der Waals surface area contributed by atoms with Gasteiger partial charge < -0.3 is 28.6 Å². The lowest BCUT2D eigenvalue weighted by molar-refractivity contribution is -0.113. The number of carbonyl (C=O) groups excluding carboxylic acids is 1. The number of ketones is 1. The highest BCUT2D eigenvalue weighted by atomic mass is 16.6. The third-order valence-corrected chi connectivity index (χ3v) is 5.12. The van der Waals surface area contributed by atoms with Crippen molar-refractivity contribution >= 4 is 5.78 Å². The van der Waals surface area contributed by atoms with Gasteiger partial charge in [-0.15, -0.1) is 0 Å². The molecule has 31 heavy (non-hydrogen) atoms. The molecule has 2 bridgehead atoms. The van der Waals surface area contributed by atoms with E-state index >= 15 is 0 Å². The number of Topliss-reactive ketones (excluding diaryl/α,β-unsaturated/α-hetero) is 1. The number of nitrogens with zero attached hydrogens (tertiary/aromatic N) is 1. The topological polar surface area (TPSA) is 66.5 Å². The van der Waals surface area contributed by atoms with Gasteiger partial charge in [-0.1, -0.05) is 0 Å². The van der Waals surface area contributed by atoms with Crippen molar-refractivity contribution in [2.24, 2.45) is 0 Å². The third kappa shape index (κ3) is 6.98. The molecule has 1 fully saturated rings. The number of carbonyl (C=O) groups is 1. The van der Waals surface area contributed by atoms with Crippen molar-refractivity contribution in [1.29, 1.82) is 0 Å². The minimum Gasteiger partial charge on any atom is -0.377 e. The third-order valence-electron chi connectivity index (χ3n) is 5.12. The van der Waals surface area contributed by atoms with E-state index in [2.05, 4.69) is 26.2 Å². The summed E-state index contributed by atoms with van der Waals surface area (Å²) in [6, 6.07) is 0. The van der Waals surface area contributed by atoms with E-state index in [-0.39, 0.29) is 19.0 Å². The maximum absolute atomic E-state index is 13.0. The molecule has 0 unspecified atom stereocenters. The lowest BCUT2D eigenvalue weighted by atomic mass is 9.86. The Kier molecular flexibility index (Phi) is 9.24. The molecule has 0 spiro atoms. The normalized spacial score (nSPS) is 23.3. The van der Waals surface area contributed by atoms with Crippen LogP contribution >= 0.6 is 0 Å². The van der Waals surface area contributed by atoms with Crippen LogP contribution in [0.1, 0.15) is 13.8 Å². The van der Waals surface area contributed by atoms with Crippen LogP contribution in [0.15, 0.2) is 58.0 Å². The molecule has 0 aromatic carbocycles. The molecule has 0 aromatic heterocycles. The van der Waals surface area contributed by atoms with Crippen molar-refractivity contribution < 1.29 is 28.5 Å². The van der Waals surface area contributed by atoms with Gasteiger partial charge in [0.1, 0.15) is 0 Å². The smallest absolute Gasteiger partial charge is 0.189 e. The van der Waals surface area contributed by atoms with E-state index in [1.54, 1.807) is 0 Å². The van der Waals surface area contributed by atoms with E-state index in [4.69, 9.17) is 23.7 Å². The van der Waals surface area contributed by atoms with Crippen LogP contribution in [0.4, 0.5) is 0 Å². The second-order valence-corrected chi connectivity index (χ2v) is 7.73. The molecule has 3 aliphatic rings. The number of hydrogen-bond donors (Lipinski definition) is 0. The van der Waals surface area contributed by atoms with E-state index in [0.29, 0.717) is 64.0 Å². The van der Waals surface area contributed by atoms with Crippen molar-refractivity contribution in [1.82, 2.24) is 4.90 Å². The Bertz CT molecular complexity index is 745. The molecule has 0 atom stereocenters. The van der Waals surface area contributed by atoms with Gasteiger partial charge in [0.2, 0.25) is 0 Å². The zero-order valence-electron chi connectivity index (χ0n) is 18.8. The van der Waals surface area contributed by atoms with Crippen LogP contribution in [0, 0.1) is 0 Å². The van der Waals surface area contributed by atoms with E-state index in [9.17, 15) is 4.79 Å².